The Bertz CT molecular complexity index is 856. The van der Waals surface area contributed by atoms with Gasteiger partial charge in [0.1, 0.15) is 0 Å². The Hall–Kier alpha value is -3.02. The van der Waals surface area contributed by atoms with Gasteiger partial charge in [0.2, 0.25) is 0 Å². The molecule has 0 aliphatic heterocycles. The van der Waals surface area contributed by atoms with Gasteiger partial charge in [0, 0.05) is 0 Å². The molecule has 0 bridgehead atoms. The lowest BCUT2D eigenvalue weighted by Gasteiger charge is -2.24. The van der Waals surface area contributed by atoms with Crippen LogP contribution in [0, 0.1) is 0 Å². The van der Waals surface area contributed by atoms with Gasteiger partial charge in [0.25, 0.3) is 0 Å². The Kier molecular flexibility index (Phi) is 6.90. The third kappa shape index (κ3) is 4.70. The largest absolute Gasteiger partial charge is 0.872 e. The first kappa shape index (κ1) is 22.3. The van der Waals surface area contributed by atoms with E-state index >= 15 is 0 Å². The monoisotopic (exact) mass is 398 g/mol. The number of carbonyl (C=O) groups is 2. The molecule has 156 valence electrons. The third-order valence-electron chi connectivity index (χ3n) is 5.58. The van der Waals surface area contributed by atoms with Crippen molar-refractivity contribution < 1.29 is 30.0 Å². The molecule has 2 atom stereocenters. The summed E-state index contributed by atoms with van der Waals surface area (Å²) in [5, 5.41) is 44.2. The van der Waals surface area contributed by atoms with Crippen molar-refractivity contribution in [3.8, 4) is 11.5 Å². The minimum Gasteiger partial charge on any atom is -0.872 e. The highest BCUT2D eigenvalue weighted by Gasteiger charge is 2.17. The fourth-order valence-electron chi connectivity index (χ4n) is 3.25. The van der Waals surface area contributed by atoms with Gasteiger partial charge in [-0.15, -0.1) is 0 Å². The van der Waals surface area contributed by atoms with Crippen molar-refractivity contribution in [1.82, 2.24) is 0 Å². The molecule has 0 aromatic heterocycles. The normalized spacial score (nSPS) is 13.1. The van der Waals surface area contributed by atoms with Crippen LogP contribution in [0.15, 0.2) is 24.3 Å². The van der Waals surface area contributed by atoms with Gasteiger partial charge in [0.05, 0.1) is 11.1 Å². The van der Waals surface area contributed by atoms with E-state index in [4.69, 9.17) is 0 Å². The van der Waals surface area contributed by atoms with Gasteiger partial charge in [0.15, 0.2) is 0 Å². The van der Waals surface area contributed by atoms with E-state index in [0.717, 1.165) is 12.8 Å². The molecule has 6 nitrogen and oxygen atoms in total. The first-order valence-electron chi connectivity index (χ1n) is 9.74. The van der Waals surface area contributed by atoms with Gasteiger partial charge >= 0.3 is 11.9 Å². The van der Waals surface area contributed by atoms with Crippen molar-refractivity contribution in [3.05, 3.63) is 57.6 Å². The summed E-state index contributed by atoms with van der Waals surface area (Å²) in [6.07, 6.45) is 1.42. The standard InChI is InChI=1S/C23H28O6/c1-5-12(3)14-7-16(20(24)18(10-14)22(26)27)9-17-8-15(13(4)6-2)11-19(21(17)25)23(28)29/h7-8,10-13,24-25H,5-6,9H2,1-4H3,(H,26,27)(H,28,29)/p-2/t12-,13-/m1/s1. The smallest absolute Gasteiger partial charge is 0.335 e. The fourth-order valence-corrected chi connectivity index (χ4v) is 3.25. The van der Waals surface area contributed by atoms with Crippen molar-refractivity contribution in [2.24, 2.45) is 0 Å². The molecule has 0 aliphatic rings. The van der Waals surface area contributed by atoms with E-state index in [9.17, 15) is 30.0 Å². The molecule has 2 aromatic carbocycles. The van der Waals surface area contributed by atoms with Gasteiger partial charge in [-0.25, -0.2) is 9.59 Å². The Balaban J connectivity index is 2.66. The van der Waals surface area contributed by atoms with Crippen molar-refractivity contribution in [2.75, 3.05) is 0 Å². The summed E-state index contributed by atoms with van der Waals surface area (Å²) in [6, 6.07) is 6.05. The second-order valence-corrected chi connectivity index (χ2v) is 7.52. The van der Waals surface area contributed by atoms with Gasteiger partial charge in [-0.2, -0.15) is 0 Å². The fraction of sp³-hybridized carbons (Fsp3) is 0.391. The molecule has 0 amide bonds. The quantitative estimate of drug-likeness (QED) is 0.697. The molecule has 0 saturated heterocycles. The molecule has 0 saturated carbocycles. The van der Waals surface area contributed by atoms with E-state index in [0.29, 0.717) is 11.1 Å². The molecule has 0 unspecified atom stereocenters. The number of rotatable bonds is 8. The van der Waals surface area contributed by atoms with Crippen LogP contribution in [0.2, 0.25) is 0 Å². The van der Waals surface area contributed by atoms with Crippen LogP contribution in [-0.2, 0) is 6.42 Å². The van der Waals surface area contributed by atoms with Crippen LogP contribution in [0.5, 0.6) is 11.5 Å². The lowest BCUT2D eigenvalue weighted by Crippen LogP contribution is -2.12. The van der Waals surface area contributed by atoms with Crippen LogP contribution in [0.1, 0.15) is 95.3 Å². The highest BCUT2D eigenvalue weighted by molar-refractivity contribution is 5.92. The number of hydrogen-bond donors (Lipinski definition) is 2. The minimum atomic E-state index is -1.32. The number of carboxylic acid groups (broad SMARTS) is 2. The van der Waals surface area contributed by atoms with Crippen molar-refractivity contribution in [3.63, 3.8) is 0 Å². The summed E-state index contributed by atoms with van der Waals surface area (Å²) < 4.78 is 0. The first-order valence-corrected chi connectivity index (χ1v) is 9.74. The zero-order chi connectivity index (χ0) is 21.9. The predicted molar refractivity (Wildman–Crippen MR) is 106 cm³/mol. The first-order chi connectivity index (χ1) is 13.6. The highest BCUT2D eigenvalue weighted by Crippen LogP contribution is 2.33. The maximum absolute atomic E-state index is 12.7. The molecular weight excluding hydrogens is 372 g/mol. The lowest BCUT2D eigenvalue weighted by atomic mass is 9.89. The maximum atomic E-state index is 12.7. The van der Waals surface area contributed by atoms with Crippen LogP contribution in [0.3, 0.4) is 0 Å². The van der Waals surface area contributed by atoms with Crippen LogP contribution < -0.4 is 10.2 Å². The second-order valence-electron chi connectivity index (χ2n) is 7.52. The molecule has 0 radical (unpaired) electrons. The molecule has 2 aromatic rings. The van der Waals surface area contributed by atoms with Crippen LogP contribution in [0.25, 0.3) is 0 Å². The molecular formula is C23H26O6-2. The Morgan fingerprint density at radius 1 is 0.793 bits per heavy atom. The number of benzene rings is 2. The summed E-state index contributed by atoms with van der Waals surface area (Å²) in [7, 11) is 0. The average molecular weight is 398 g/mol. The van der Waals surface area contributed by atoms with Gasteiger partial charge in [-0.1, -0.05) is 62.5 Å². The van der Waals surface area contributed by atoms with E-state index in [1.807, 2.05) is 27.7 Å². The van der Waals surface area contributed by atoms with Gasteiger partial charge in [-0.3, -0.25) is 0 Å². The van der Waals surface area contributed by atoms with Crippen molar-refractivity contribution >= 4 is 11.9 Å². The number of carboxylic acids is 2. The average Bonchev–Trinajstić information content (AvgIpc) is 2.68. The zero-order valence-electron chi connectivity index (χ0n) is 17.1. The molecule has 0 spiro atoms. The summed E-state index contributed by atoms with van der Waals surface area (Å²) in [4.78, 5) is 23.1. The predicted octanol–water partition coefficient (Wildman–Crippen LogP) is 3.85. The molecule has 0 fully saturated rings. The van der Waals surface area contributed by atoms with Crippen LogP contribution in [-0.4, -0.2) is 22.2 Å². The third-order valence-corrected chi connectivity index (χ3v) is 5.58. The van der Waals surface area contributed by atoms with E-state index in [2.05, 4.69) is 0 Å². The van der Waals surface area contributed by atoms with Gasteiger partial charge in [-0.05, 0) is 54.4 Å². The maximum Gasteiger partial charge on any atom is 0.335 e. The van der Waals surface area contributed by atoms with Crippen molar-refractivity contribution in [1.29, 1.82) is 0 Å². The number of aromatic carboxylic acids is 2. The van der Waals surface area contributed by atoms with E-state index in [-0.39, 0.29) is 40.5 Å². The molecule has 29 heavy (non-hydrogen) atoms. The number of hydrogen-bond acceptors (Lipinski definition) is 4. The Labute approximate surface area is 170 Å². The second kappa shape index (κ2) is 8.99. The van der Waals surface area contributed by atoms with Crippen molar-refractivity contribution in [2.45, 2.75) is 58.8 Å². The topological polar surface area (TPSA) is 121 Å². The Morgan fingerprint density at radius 2 is 1.14 bits per heavy atom. The molecule has 0 aliphatic carbocycles. The summed E-state index contributed by atoms with van der Waals surface area (Å²) in [5.41, 5.74) is 1.14. The van der Waals surface area contributed by atoms with Crippen LogP contribution >= 0.6 is 0 Å². The van der Waals surface area contributed by atoms with Gasteiger partial charge < -0.3 is 20.4 Å². The van der Waals surface area contributed by atoms with E-state index in [1.54, 1.807) is 12.1 Å². The lowest BCUT2D eigenvalue weighted by molar-refractivity contribution is -0.270. The highest BCUT2D eigenvalue weighted by atomic mass is 16.4. The van der Waals surface area contributed by atoms with Crippen LogP contribution in [0.4, 0.5) is 0 Å². The van der Waals surface area contributed by atoms with E-state index < -0.39 is 23.4 Å². The Morgan fingerprint density at radius 3 is 1.41 bits per heavy atom. The minimum absolute atomic E-state index is 0.0419. The zero-order valence-corrected chi connectivity index (χ0v) is 17.1. The molecule has 0 heterocycles. The molecule has 2 N–H and O–H groups in total. The SMILES string of the molecule is CC[C@@H](C)c1cc(Cc2cc([C@H](C)CC)cc(C(=O)O)c2[O-])c([O-])c(C(=O)O)c1. The summed E-state index contributed by atoms with van der Waals surface area (Å²) in [6.45, 7) is 7.78. The molecule has 2 rings (SSSR count). The summed E-state index contributed by atoms with van der Waals surface area (Å²) in [5.74, 6) is -3.84. The van der Waals surface area contributed by atoms with E-state index in [1.165, 1.54) is 12.1 Å². The molecule has 6 heteroatoms. The summed E-state index contributed by atoms with van der Waals surface area (Å²) >= 11 is 0.